The molecule has 2 nitrogen and oxygen atoms in total. The number of rotatable bonds is 3. The van der Waals surface area contributed by atoms with Crippen molar-refractivity contribution in [2.45, 2.75) is 12.8 Å². The maximum atomic E-state index is 5.45. The van der Waals surface area contributed by atoms with Crippen molar-refractivity contribution in [1.29, 1.82) is 0 Å². The SMILES string of the molecule is BrC/C=C/C1=C(C2=COC=CO2)CCC=C1. The second kappa shape index (κ2) is 5.75. The molecule has 0 unspecified atom stereocenters. The first kappa shape index (κ1) is 11.3. The van der Waals surface area contributed by atoms with E-state index in [0.29, 0.717) is 0 Å². The fourth-order valence-corrected chi connectivity index (χ4v) is 1.87. The summed E-state index contributed by atoms with van der Waals surface area (Å²) in [5, 5.41) is 0.855. The average Bonchev–Trinajstić information content (AvgIpc) is 2.38. The maximum Gasteiger partial charge on any atom is 0.165 e. The molecule has 0 saturated carbocycles. The van der Waals surface area contributed by atoms with E-state index >= 15 is 0 Å². The monoisotopic (exact) mass is 280 g/mol. The molecule has 0 fully saturated rings. The summed E-state index contributed by atoms with van der Waals surface area (Å²) in [5.41, 5.74) is 2.39. The van der Waals surface area contributed by atoms with Gasteiger partial charge in [0.1, 0.15) is 18.8 Å². The van der Waals surface area contributed by atoms with Gasteiger partial charge in [0.25, 0.3) is 0 Å². The minimum atomic E-state index is 0.807. The van der Waals surface area contributed by atoms with E-state index in [1.165, 1.54) is 17.4 Å². The first-order chi connectivity index (χ1) is 7.92. The lowest BCUT2D eigenvalue weighted by Gasteiger charge is -2.17. The van der Waals surface area contributed by atoms with Crippen molar-refractivity contribution >= 4 is 15.9 Å². The summed E-state index contributed by atoms with van der Waals surface area (Å²) in [7, 11) is 0. The van der Waals surface area contributed by atoms with Crippen LogP contribution in [-0.4, -0.2) is 5.33 Å². The Hall–Kier alpha value is -1.22. The molecule has 0 aromatic heterocycles. The van der Waals surface area contributed by atoms with Gasteiger partial charge in [-0.05, 0) is 18.4 Å². The molecule has 0 atom stereocenters. The zero-order valence-corrected chi connectivity index (χ0v) is 10.4. The molecule has 84 valence electrons. The molecule has 0 aromatic carbocycles. The summed E-state index contributed by atoms with van der Waals surface area (Å²) >= 11 is 3.38. The Bertz CT molecular complexity index is 400. The van der Waals surface area contributed by atoms with Crippen LogP contribution in [0.5, 0.6) is 0 Å². The molecule has 0 saturated heterocycles. The van der Waals surface area contributed by atoms with Crippen molar-refractivity contribution in [2.24, 2.45) is 0 Å². The standard InChI is InChI=1S/C13H13BrO2/c14-7-3-5-11-4-1-2-6-12(11)13-10-15-8-9-16-13/h1,3-5,8-10H,2,6-7H2/b5-3+. The van der Waals surface area contributed by atoms with Crippen molar-refractivity contribution in [1.82, 2.24) is 0 Å². The van der Waals surface area contributed by atoms with Gasteiger partial charge < -0.3 is 9.47 Å². The molecule has 3 heteroatoms. The van der Waals surface area contributed by atoms with Crippen LogP contribution in [0.1, 0.15) is 12.8 Å². The third-order valence-corrected chi connectivity index (χ3v) is 2.77. The highest BCUT2D eigenvalue weighted by molar-refractivity contribution is 9.09. The van der Waals surface area contributed by atoms with Gasteiger partial charge in [0, 0.05) is 10.9 Å². The maximum absolute atomic E-state index is 5.45. The molecule has 0 spiro atoms. The van der Waals surface area contributed by atoms with Gasteiger partial charge in [-0.2, -0.15) is 0 Å². The highest BCUT2D eigenvalue weighted by Crippen LogP contribution is 2.28. The number of hydrogen-bond acceptors (Lipinski definition) is 2. The number of ether oxygens (including phenoxy) is 2. The Labute approximate surface area is 104 Å². The van der Waals surface area contributed by atoms with Crippen molar-refractivity contribution < 1.29 is 9.47 Å². The quantitative estimate of drug-likeness (QED) is 0.729. The lowest BCUT2D eigenvalue weighted by molar-refractivity contribution is 0.262. The largest absolute Gasteiger partial charge is 0.466 e. The smallest absolute Gasteiger partial charge is 0.165 e. The first-order valence-electron chi connectivity index (χ1n) is 5.21. The van der Waals surface area contributed by atoms with E-state index in [-0.39, 0.29) is 0 Å². The molecular weight excluding hydrogens is 268 g/mol. The van der Waals surface area contributed by atoms with Crippen LogP contribution in [0.15, 0.2) is 60.0 Å². The van der Waals surface area contributed by atoms with Gasteiger partial charge in [0.15, 0.2) is 5.76 Å². The van der Waals surface area contributed by atoms with Crippen LogP contribution in [0, 0.1) is 0 Å². The lowest BCUT2D eigenvalue weighted by Crippen LogP contribution is -2.01. The summed E-state index contributed by atoms with van der Waals surface area (Å²) in [6, 6.07) is 0. The van der Waals surface area contributed by atoms with E-state index in [1.807, 2.05) is 0 Å². The van der Waals surface area contributed by atoms with E-state index < -0.39 is 0 Å². The molecule has 0 aromatic rings. The molecular formula is C13H13BrO2. The van der Waals surface area contributed by atoms with Crippen LogP contribution in [0.2, 0.25) is 0 Å². The molecule has 1 heterocycles. The number of alkyl halides is 1. The summed E-state index contributed by atoms with van der Waals surface area (Å²) in [6.45, 7) is 0. The summed E-state index contributed by atoms with van der Waals surface area (Å²) in [4.78, 5) is 0. The van der Waals surface area contributed by atoms with Gasteiger partial charge in [-0.15, -0.1) is 0 Å². The van der Waals surface area contributed by atoms with E-state index in [9.17, 15) is 0 Å². The van der Waals surface area contributed by atoms with Crippen molar-refractivity contribution in [3.63, 3.8) is 0 Å². The van der Waals surface area contributed by atoms with E-state index in [2.05, 4.69) is 40.2 Å². The number of hydrogen-bond donors (Lipinski definition) is 0. The van der Waals surface area contributed by atoms with Gasteiger partial charge in [-0.3, -0.25) is 0 Å². The highest BCUT2D eigenvalue weighted by atomic mass is 79.9. The van der Waals surface area contributed by atoms with Crippen LogP contribution in [0.3, 0.4) is 0 Å². The molecule has 16 heavy (non-hydrogen) atoms. The van der Waals surface area contributed by atoms with E-state index in [4.69, 9.17) is 9.47 Å². The average molecular weight is 281 g/mol. The molecule has 0 radical (unpaired) electrons. The normalized spacial score (nSPS) is 19.7. The Morgan fingerprint density at radius 3 is 3.06 bits per heavy atom. The summed E-state index contributed by atoms with van der Waals surface area (Å²) in [6.07, 6.45) is 15.2. The molecule has 0 bridgehead atoms. The third-order valence-electron chi connectivity index (χ3n) is 2.40. The zero-order valence-electron chi connectivity index (χ0n) is 8.86. The number of allylic oxidation sites excluding steroid dienone is 6. The van der Waals surface area contributed by atoms with Crippen LogP contribution in [0.4, 0.5) is 0 Å². The summed E-state index contributed by atoms with van der Waals surface area (Å²) in [5.74, 6) is 0.807. The van der Waals surface area contributed by atoms with Crippen LogP contribution in [0.25, 0.3) is 0 Å². The highest BCUT2D eigenvalue weighted by Gasteiger charge is 2.14. The first-order valence-corrected chi connectivity index (χ1v) is 6.34. The Kier molecular flexibility index (Phi) is 4.05. The fraction of sp³-hybridized carbons (Fsp3) is 0.231. The molecule has 2 rings (SSSR count). The topological polar surface area (TPSA) is 18.5 Å². The molecule has 1 aliphatic heterocycles. The van der Waals surface area contributed by atoms with Gasteiger partial charge in [-0.25, -0.2) is 0 Å². The predicted octanol–water partition coefficient (Wildman–Crippen LogP) is 3.94. The molecule has 0 N–H and O–H groups in total. The van der Waals surface area contributed by atoms with Gasteiger partial charge in [-0.1, -0.05) is 40.2 Å². The second-order valence-electron chi connectivity index (χ2n) is 3.44. The van der Waals surface area contributed by atoms with Crippen LogP contribution in [-0.2, 0) is 9.47 Å². The number of halogens is 1. The van der Waals surface area contributed by atoms with Crippen LogP contribution < -0.4 is 0 Å². The lowest BCUT2D eigenvalue weighted by atomic mass is 9.96. The molecule has 2 aliphatic rings. The minimum absolute atomic E-state index is 0.807. The van der Waals surface area contributed by atoms with Crippen molar-refractivity contribution in [3.05, 3.63) is 60.0 Å². The molecule has 1 aliphatic carbocycles. The predicted molar refractivity (Wildman–Crippen MR) is 67.7 cm³/mol. The van der Waals surface area contributed by atoms with Gasteiger partial charge in [0.2, 0.25) is 0 Å². The van der Waals surface area contributed by atoms with Crippen molar-refractivity contribution in [3.8, 4) is 0 Å². The van der Waals surface area contributed by atoms with Crippen LogP contribution >= 0.6 is 15.9 Å². The van der Waals surface area contributed by atoms with Crippen molar-refractivity contribution in [2.75, 3.05) is 5.33 Å². The Morgan fingerprint density at radius 2 is 2.31 bits per heavy atom. The van der Waals surface area contributed by atoms with E-state index in [0.717, 1.165) is 23.9 Å². The molecule has 0 amide bonds. The Morgan fingerprint density at radius 1 is 1.38 bits per heavy atom. The summed E-state index contributed by atoms with van der Waals surface area (Å²) < 4.78 is 10.6. The Balaban J connectivity index is 2.26. The second-order valence-corrected chi connectivity index (χ2v) is 4.09. The third kappa shape index (κ3) is 2.67. The van der Waals surface area contributed by atoms with Gasteiger partial charge in [0.05, 0.1) is 0 Å². The van der Waals surface area contributed by atoms with Gasteiger partial charge >= 0.3 is 0 Å². The fourth-order valence-electron chi connectivity index (χ4n) is 1.68. The minimum Gasteiger partial charge on any atom is -0.466 e. The zero-order chi connectivity index (χ0) is 11.2. The van der Waals surface area contributed by atoms with E-state index in [1.54, 1.807) is 12.5 Å².